The van der Waals surface area contributed by atoms with Gasteiger partial charge >= 0.3 is 5.97 Å². The third-order valence-electron chi connectivity index (χ3n) is 2.48. The summed E-state index contributed by atoms with van der Waals surface area (Å²) in [6.07, 6.45) is -3.24. The zero-order valence-electron chi connectivity index (χ0n) is 9.45. The van der Waals surface area contributed by atoms with Crippen LogP contribution in [0.1, 0.15) is 24.5 Å². The van der Waals surface area contributed by atoms with Crippen LogP contribution in [-0.4, -0.2) is 21.7 Å². The van der Waals surface area contributed by atoms with Crippen molar-refractivity contribution in [1.29, 1.82) is 0 Å². The summed E-state index contributed by atoms with van der Waals surface area (Å²) in [6.45, 7) is 1.20. The number of carbonyl (C=O) groups is 1. The van der Waals surface area contributed by atoms with Crippen molar-refractivity contribution in [3.63, 3.8) is 0 Å². The molecule has 0 heterocycles. The standard InChI is InChI=1S/C11H12ClF2NO3/c1-11(15,10(17)18)4-7-6(9(13)14)2-5(16)3-8(7)12/h2-3,9,16H,4,15H2,1H3,(H,17,18)/t11-/m0/s1. The molecule has 18 heavy (non-hydrogen) atoms. The molecule has 0 aliphatic rings. The number of alkyl halides is 2. The van der Waals surface area contributed by atoms with E-state index in [2.05, 4.69) is 0 Å². The van der Waals surface area contributed by atoms with Gasteiger partial charge in [0, 0.05) is 17.0 Å². The molecule has 1 atom stereocenters. The van der Waals surface area contributed by atoms with Crippen molar-refractivity contribution >= 4 is 17.6 Å². The summed E-state index contributed by atoms with van der Waals surface area (Å²) in [6, 6.07) is 1.92. The molecule has 1 aromatic carbocycles. The van der Waals surface area contributed by atoms with Crippen LogP contribution in [0.5, 0.6) is 5.75 Å². The van der Waals surface area contributed by atoms with E-state index in [-0.39, 0.29) is 17.0 Å². The number of aromatic hydroxyl groups is 1. The monoisotopic (exact) mass is 279 g/mol. The van der Waals surface area contributed by atoms with E-state index in [1.165, 1.54) is 6.92 Å². The molecule has 1 aromatic rings. The van der Waals surface area contributed by atoms with Crippen LogP contribution in [0.2, 0.25) is 5.02 Å². The van der Waals surface area contributed by atoms with Gasteiger partial charge in [-0.3, -0.25) is 4.79 Å². The van der Waals surface area contributed by atoms with Gasteiger partial charge in [0.05, 0.1) is 0 Å². The van der Waals surface area contributed by atoms with Crippen molar-refractivity contribution < 1.29 is 23.8 Å². The quantitative estimate of drug-likeness (QED) is 0.790. The third kappa shape index (κ3) is 3.08. The Morgan fingerprint density at radius 2 is 2.11 bits per heavy atom. The summed E-state index contributed by atoms with van der Waals surface area (Å²) in [5.41, 5.74) is 3.20. The Morgan fingerprint density at radius 1 is 1.56 bits per heavy atom. The summed E-state index contributed by atoms with van der Waals surface area (Å²) in [7, 11) is 0. The molecule has 0 bridgehead atoms. The minimum absolute atomic E-state index is 0.0723. The molecule has 1 rings (SSSR count). The number of nitrogens with two attached hydrogens (primary N) is 1. The number of phenols is 1. The highest BCUT2D eigenvalue weighted by molar-refractivity contribution is 6.31. The first-order chi connectivity index (χ1) is 8.15. The van der Waals surface area contributed by atoms with Gasteiger partial charge in [0.25, 0.3) is 6.43 Å². The van der Waals surface area contributed by atoms with Gasteiger partial charge < -0.3 is 15.9 Å². The van der Waals surface area contributed by atoms with E-state index in [1.54, 1.807) is 0 Å². The van der Waals surface area contributed by atoms with E-state index in [0.717, 1.165) is 12.1 Å². The van der Waals surface area contributed by atoms with Crippen molar-refractivity contribution in [3.05, 3.63) is 28.3 Å². The average molecular weight is 280 g/mol. The van der Waals surface area contributed by atoms with Crippen LogP contribution in [-0.2, 0) is 11.2 Å². The Balaban J connectivity index is 3.27. The van der Waals surface area contributed by atoms with E-state index in [0.29, 0.717) is 0 Å². The SMILES string of the molecule is C[C@](N)(Cc1c(Cl)cc(O)cc1C(F)F)C(=O)O. The highest BCUT2D eigenvalue weighted by atomic mass is 35.5. The Hall–Kier alpha value is -1.40. The van der Waals surface area contributed by atoms with Crippen LogP contribution >= 0.6 is 11.6 Å². The van der Waals surface area contributed by atoms with Crippen molar-refractivity contribution in [2.75, 3.05) is 0 Å². The topological polar surface area (TPSA) is 83.5 Å². The lowest BCUT2D eigenvalue weighted by Crippen LogP contribution is -2.47. The number of phenolic OH excluding ortho intramolecular Hbond substituents is 1. The maximum atomic E-state index is 12.8. The molecule has 0 fully saturated rings. The smallest absolute Gasteiger partial charge is 0.323 e. The number of carboxylic acids is 1. The minimum atomic E-state index is -2.88. The first-order valence-electron chi connectivity index (χ1n) is 4.97. The lowest BCUT2D eigenvalue weighted by atomic mass is 9.91. The molecule has 4 N–H and O–H groups in total. The fourth-order valence-electron chi connectivity index (χ4n) is 1.47. The number of rotatable bonds is 4. The van der Waals surface area contributed by atoms with Gasteiger partial charge in [-0.1, -0.05) is 11.6 Å². The van der Waals surface area contributed by atoms with E-state index in [4.69, 9.17) is 22.4 Å². The van der Waals surface area contributed by atoms with Crippen LogP contribution in [0, 0.1) is 0 Å². The summed E-state index contributed by atoms with van der Waals surface area (Å²) < 4.78 is 25.6. The predicted molar refractivity (Wildman–Crippen MR) is 62.0 cm³/mol. The van der Waals surface area contributed by atoms with Gasteiger partial charge in [-0.2, -0.15) is 0 Å². The van der Waals surface area contributed by atoms with Crippen molar-refractivity contribution in [2.45, 2.75) is 25.3 Å². The van der Waals surface area contributed by atoms with E-state index >= 15 is 0 Å². The Labute approximate surface area is 107 Å². The number of aliphatic carboxylic acids is 1. The number of hydrogen-bond donors (Lipinski definition) is 3. The van der Waals surface area contributed by atoms with Crippen LogP contribution in [0.4, 0.5) is 8.78 Å². The van der Waals surface area contributed by atoms with Gasteiger partial charge in [-0.25, -0.2) is 8.78 Å². The molecule has 4 nitrogen and oxygen atoms in total. The zero-order valence-corrected chi connectivity index (χ0v) is 10.2. The molecular formula is C11H12ClF2NO3. The number of benzene rings is 1. The van der Waals surface area contributed by atoms with Crippen LogP contribution in [0.25, 0.3) is 0 Å². The second-order valence-corrected chi connectivity index (χ2v) is 4.60. The second-order valence-electron chi connectivity index (χ2n) is 4.20. The summed E-state index contributed by atoms with van der Waals surface area (Å²) >= 11 is 5.75. The molecule has 7 heteroatoms. The molecule has 0 aliphatic heterocycles. The molecule has 0 amide bonds. The number of hydrogen-bond acceptors (Lipinski definition) is 3. The molecule has 0 saturated heterocycles. The first kappa shape index (κ1) is 14.7. The minimum Gasteiger partial charge on any atom is -0.508 e. The fraction of sp³-hybridized carbons (Fsp3) is 0.364. The lowest BCUT2D eigenvalue weighted by Gasteiger charge is -2.22. The molecule has 0 aliphatic carbocycles. The normalized spacial score (nSPS) is 14.6. The molecule has 0 radical (unpaired) electrons. The van der Waals surface area contributed by atoms with Gasteiger partial charge in [-0.15, -0.1) is 0 Å². The Bertz CT molecular complexity index is 478. The van der Waals surface area contributed by atoms with Gasteiger partial charge in [0.2, 0.25) is 0 Å². The predicted octanol–water partition coefficient (Wildman–Crippen LogP) is 2.33. The van der Waals surface area contributed by atoms with E-state index < -0.39 is 29.2 Å². The van der Waals surface area contributed by atoms with Crippen molar-refractivity contribution in [2.24, 2.45) is 5.73 Å². The molecule has 0 unspecified atom stereocenters. The molecule has 0 spiro atoms. The van der Waals surface area contributed by atoms with Gasteiger partial charge in [0.15, 0.2) is 0 Å². The summed E-state index contributed by atoms with van der Waals surface area (Å²) in [5, 5.41) is 17.9. The van der Waals surface area contributed by atoms with Crippen LogP contribution in [0.3, 0.4) is 0 Å². The lowest BCUT2D eigenvalue weighted by molar-refractivity contribution is -0.142. The summed E-state index contributed by atoms with van der Waals surface area (Å²) in [5.74, 6) is -1.74. The largest absolute Gasteiger partial charge is 0.508 e. The first-order valence-corrected chi connectivity index (χ1v) is 5.34. The molecule has 0 saturated carbocycles. The van der Waals surface area contributed by atoms with Crippen molar-refractivity contribution in [3.8, 4) is 5.75 Å². The van der Waals surface area contributed by atoms with Gasteiger partial charge in [-0.05, 0) is 24.6 Å². The molecule has 0 aromatic heterocycles. The van der Waals surface area contributed by atoms with Crippen LogP contribution in [0.15, 0.2) is 12.1 Å². The van der Waals surface area contributed by atoms with E-state index in [1.807, 2.05) is 0 Å². The number of halogens is 3. The Morgan fingerprint density at radius 3 is 2.56 bits per heavy atom. The summed E-state index contributed by atoms with van der Waals surface area (Å²) in [4.78, 5) is 10.9. The third-order valence-corrected chi connectivity index (χ3v) is 2.82. The average Bonchev–Trinajstić information content (AvgIpc) is 2.21. The maximum absolute atomic E-state index is 12.8. The molecule has 100 valence electrons. The zero-order chi connectivity index (χ0) is 14.1. The Kier molecular flexibility index (Phi) is 4.13. The van der Waals surface area contributed by atoms with Crippen LogP contribution < -0.4 is 5.73 Å². The highest BCUT2D eigenvalue weighted by Crippen LogP contribution is 2.34. The van der Waals surface area contributed by atoms with Crippen molar-refractivity contribution in [1.82, 2.24) is 0 Å². The highest BCUT2D eigenvalue weighted by Gasteiger charge is 2.31. The maximum Gasteiger partial charge on any atom is 0.323 e. The molecular weight excluding hydrogens is 268 g/mol. The number of carboxylic acid groups (broad SMARTS) is 1. The second kappa shape index (κ2) is 5.07. The fourth-order valence-corrected chi connectivity index (χ4v) is 1.75. The van der Waals surface area contributed by atoms with Gasteiger partial charge in [0.1, 0.15) is 11.3 Å². The van der Waals surface area contributed by atoms with E-state index in [9.17, 15) is 18.7 Å².